The highest BCUT2D eigenvalue weighted by atomic mass is 16.7. The first kappa shape index (κ1) is 20.0. The van der Waals surface area contributed by atoms with Crippen LogP contribution in [-0.4, -0.2) is 46.4 Å². The Balaban J connectivity index is 1.30. The Bertz CT molecular complexity index is 1000. The van der Waals surface area contributed by atoms with Gasteiger partial charge >= 0.3 is 0 Å². The molecule has 0 aliphatic carbocycles. The maximum atomic E-state index is 12.6. The van der Waals surface area contributed by atoms with Gasteiger partial charge in [0.1, 0.15) is 0 Å². The van der Waals surface area contributed by atoms with Crippen LogP contribution < -0.4 is 14.8 Å². The molecule has 1 aromatic carbocycles. The number of fused-ring (bicyclic) bond motifs is 1. The summed E-state index contributed by atoms with van der Waals surface area (Å²) in [6.45, 7) is 5.24. The molecule has 158 valence electrons. The number of likely N-dealkylation sites (tertiary alicyclic amines) is 1. The zero-order chi connectivity index (χ0) is 21.3. The van der Waals surface area contributed by atoms with Crippen LogP contribution in [0.2, 0.25) is 0 Å². The van der Waals surface area contributed by atoms with Gasteiger partial charge in [0.2, 0.25) is 18.6 Å². The first-order chi connectivity index (χ1) is 14.4. The second-order valence-electron chi connectivity index (χ2n) is 7.70. The average molecular weight is 410 g/mol. The number of rotatable bonds is 4. The number of aryl methyl sites for hydroxylation is 2. The minimum absolute atomic E-state index is 0.0295. The summed E-state index contributed by atoms with van der Waals surface area (Å²) in [5.74, 6) is 1.14. The average Bonchev–Trinajstić information content (AvgIpc) is 3.30. The van der Waals surface area contributed by atoms with Gasteiger partial charge in [-0.05, 0) is 44.9 Å². The number of nitrogens with zero attached hydrogens (tertiary/aromatic N) is 3. The molecule has 1 aromatic heterocycles. The van der Waals surface area contributed by atoms with Crippen LogP contribution in [0.3, 0.4) is 0 Å². The summed E-state index contributed by atoms with van der Waals surface area (Å²) in [5.41, 5.74) is 3.59. The van der Waals surface area contributed by atoms with Crippen LogP contribution in [0.4, 0.5) is 5.69 Å². The lowest BCUT2D eigenvalue weighted by atomic mass is 9.95. The van der Waals surface area contributed by atoms with Crippen LogP contribution in [0, 0.1) is 19.8 Å². The highest BCUT2D eigenvalue weighted by molar-refractivity contribution is 5.94. The summed E-state index contributed by atoms with van der Waals surface area (Å²) in [6.07, 6.45) is 4.71. The largest absolute Gasteiger partial charge is 0.454 e. The molecule has 4 rings (SSSR count). The van der Waals surface area contributed by atoms with Crippen molar-refractivity contribution in [1.29, 1.82) is 0 Å². The Labute approximate surface area is 175 Å². The molecular weight excluding hydrogens is 384 g/mol. The number of carbonyl (C=O) groups is 2. The molecule has 2 amide bonds. The van der Waals surface area contributed by atoms with E-state index in [-0.39, 0.29) is 24.5 Å². The molecule has 8 nitrogen and oxygen atoms in total. The minimum Gasteiger partial charge on any atom is -0.454 e. The Morgan fingerprint density at radius 2 is 1.90 bits per heavy atom. The van der Waals surface area contributed by atoms with Crippen molar-refractivity contribution in [3.05, 3.63) is 41.2 Å². The van der Waals surface area contributed by atoms with Crippen LogP contribution in [-0.2, 0) is 16.6 Å². The lowest BCUT2D eigenvalue weighted by molar-refractivity contribution is -0.130. The van der Waals surface area contributed by atoms with Crippen LogP contribution >= 0.6 is 0 Å². The van der Waals surface area contributed by atoms with Crippen molar-refractivity contribution in [2.75, 3.05) is 25.2 Å². The van der Waals surface area contributed by atoms with Gasteiger partial charge in [-0.25, -0.2) is 0 Å². The number of aromatic nitrogens is 2. The number of hydrogen-bond acceptors (Lipinski definition) is 5. The van der Waals surface area contributed by atoms with Gasteiger partial charge in [-0.3, -0.25) is 14.3 Å². The van der Waals surface area contributed by atoms with Gasteiger partial charge in [0.15, 0.2) is 11.5 Å². The normalized spacial score (nSPS) is 16.3. The van der Waals surface area contributed by atoms with Gasteiger partial charge in [-0.2, -0.15) is 5.10 Å². The summed E-state index contributed by atoms with van der Waals surface area (Å²) in [4.78, 5) is 27.0. The van der Waals surface area contributed by atoms with E-state index in [4.69, 9.17) is 9.47 Å². The molecule has 0 atom stereocenters. The molecule has 1 saturated heterocycles. The van der Waals surface area contributed by atoms with E-state index in [9.17, 15) is 9.59 Å². The van der Waals surface area contributed by atoms with Crippen LogP contribution in [0.25, 0.3) is 6.08 Å². The molecule has 2 aliphatic heterocycles. The molecule has 8 heteroatoms. The molecule has 30 heavy (non-hydrogen) atoms. The van der Waals surface area contributed by atoms with E-state index < -0.39 is 0 Å². The smallest absolute Gasteiger partial charge is 0.246 e. The monoisotopic (exact) mass is 410 g/mol. The molecule has 2 aromatic rings. The van der Waals surface area contributed by atoms with Gasteiger partial charge < -0.3 is 19.7 Å². The predicted octanol–water partition coefficient (Wildman–Crippen LogP) is 2.66. The van der Waals surface area contributed by atoms with E-state index in [1.54, 1.807) is 29.2 Å². The Hall–Kier alpha value is -3.29. The van der Waals surface area contributed by atoms with E-state index in [0.29, 0.717) is 43.1 Å². The second kappa shape index (κ2) is 8.22. The van der Waals surface area contributed by atoms with Crippen molar-refractivity contribution in [3.8, 4) is 11.5 Å². The molecule has 1 N–H and O–H groups in total. The van der Waals surface area contributed by atoms with E-state index in [0.717, 1.165) is 17.0 Å². The van der Waals surface area contributed by atoms with Crippen LogP contribution in [0.1, 0.15) is 29.8 Å². The summed E-state index contributed by atoms with van der Waals surface area (Å²) in [7, 11) is 1.89. The van der Waals surface area contributed by atoms with Gasteiger partial charge in [0, 0.05) is 55.1 Å². The van der Waals surface area contributed by atoms with E-state index in [1.807, 2.05) is 31.7 Å². The number of carbonyl (C=O) groups excluding carboxylic acids is 2. The third kappa shape index (κ3) is 4.03. The quantitative estimate of drug-likeness (QED) is 0.784. The molecule has 0 spiro atoms. The molecule has 0 bridgehead atoms. The Morgan fingerprint density at radius 3 is 2.60 bits per heavy atom. The highest BCUT2D eigenvalue weighted by Gasteiger charge is 2.27. The molecule has 3 heterocycles. The molecule has 2 aliphatic rings. The SMILES string of the molecule is Cc1nn(C)c(C)c1/C=C/C(=O)N1CCC(C(=O)Nc2ccc3c(c2)OCO3)CC1. The number of benzene rings is 1. The van der Waals surface area contributed by atoms with Crippen molar-refractivity contribution in [3.63, 3.8) is 0 Å². The third-order valence-corrected chi connectivity index (χ3v) is 5.78. The maximum absolute atomic E-state index is 12.6. The standard InChI is InChI=1S/C22H26N4O4/c1-14-18(15(2)25(3)24-14)5-7-21(27)26-10-8-16(9-11-26)22(28)23-17-4-6-19-20(12-17)30-13-29-19/h4-7,12,16H,8-11,13H2,1-3H3,(H,23,28)/b7-5+. The number of amides is 2. The summed E-state index contributed by atoms with van der Waals surface area (Å²) < 4.78 is 12.4. The summed E-state index contributed by atoms with van der Waals surface area (Å²) in [5, 5.41) is 7.31. The molecule has 1 fully saturated rings. The second-order valence-corrected chi connectivity index (χ2v) is 7.70. The van der Waals surface area contributed by atoms with E-state index >= 15 is 0 Å². The van der Waals surface area contributed by atoms with E-state index in [1.165, 1.54) is 0 Å². The summed E-state index contributed by atoms with van der Waals surface area (Å²) in [6, 6.07) is 5.36. The van der Waals surface area contributed by atoms with Crippen molar-refractivity contribution in [2.24, 2.45) is 13.0 Å². The fourth-order valence-electron chi connectivity index (χ4n) is 3.87. The summed E-state index contributed by atoms with van der Waals surface area (Å²) >= 11 is 0. The zero-order valence-corrected chi connectivity index (χ0v) is 17.5. The zero-order valence-electron chi connectivity index (χ0n) is 17.5. The lowest BCUT2D eigenvalue weighted by Gasteiger charge is -2.30. The lowest BCUT2D eigenvalue weighted by Crippen LogP contribution is -2.40. The molecule has 0 saturated carbocycles. The first-order valence-electron chi connectivity index (χ1n) is 10.1. The number of nitrogens with one attached hydrogen (secondary N) is 1. The number of hydrogen-bond donors (Lipinski definition) is 1. The van der Waals surface area contributed by atoms with Gasteiger partial charge in [-0.15, -0.1) is 0 Å². The topological polar surface area (TPSA) is 85.7 Å². The Kier molecular flexibility index (Phi) is 5.48. The first-order valence-corrected chi connectivity index (χ1v) is 10.1. The van der Waals surface area contributed by atoms with Gasteiger partial charge in [0.05, 0.1) is 5.69 Å². The maximum Gasteiger partial charge on any atom is 0.246 e. The predicted molar refractivity (Wildman–Crippen MR) is 112 cm³/mol. The number of piperidine rings is 1. The van der Waals surface area contributed by atoms with Crippen molar-refractivity contribution in [1.82, 2.24) is 14.7 Å². The Morgan fingerprint density at radius 1 is 1.17 bits per heavy atom. The van der Waals surface area contributed by atoms with Gasteiger partial charge in [-0.1, -0.05) is 0 Å². The van der Waals surface area contributed by atoms with Gasteiger partial charge in [0.25, 0.3) is 0 Å². The van der Waals surface area contributed by atoms with E-state index in [2.05, 4.69) is 10.4 Å². The fourth-order valence-corrected chi connectivity index (χ4v) is 3.87. The number of ether oxygens (including phenoxy) is 2. The highest BCUT2D eigenvalue weighted by Crippen LogP contribution is 2.34. The van der Waals surface area contributed by atoms with Crippen molar-refractivity contribution < 1.29 is 19.1 Å². The number of anilines is 1. The van der Waals surface area contributed by atoms with Crippen molar-refractivity contribution >= 4 is 23.6 Å². The van der Waals surface area contributed by atoms with Crippen molar-refractivity contribution in [2.45, 2.75) is 26.7 Å². The fraction of sp³-hybridized carbons (Fsp3) is 0.409. The van der Waals surface area contributed by atoms with Crippen LogP contribution in [0.15, 0.2) is 24.3 Å². The molecular formula is C22H26N4O4. The minimum atomic E-state index is -0.119. The van der Waals surface area contributed by atoms with Crippen LogP contribution in [0.5, 0.6) is 11.5 Å². The third-order valence-electron chi connectivity index (χ3n) is 5.78. The molecule has 0 radical (unpaired) electrons. The molecule has 0 unspecified atom stereocenters.